The fourth-order valence-electron chi connectivity index (χ4n) is 2.04. The number of carbonyl (C=O) groups excluding carboxylic acids is 1. The van der Waals surface area contributed by atoms with Gasteiger partial charge in [-0.2, -0.15) is 0 Å². The molecule has 1 aromatic carbocycles. The van der Waals surface area contributed by atoms with Crippen molar-refractivity contribution in [1.82, 2.24) is 4.57 Å². The molecule has 0 aliphatic heterocycles. The van der Waals surface area contributed by atoms with Gasteiger partial charge in [0.1, 0.15) is 12.6 Å². The molecule has 0 amide bonds. The van der Waals surface area contributed by atoms with Gasteiger partial charge in [-0.05, 0) is 18.5 Å². The third-order valence-electron chi connectivity index (χ3n) is 3.01. The van der Waals surface area contributed by atoms with E-state index >= 15 is 0 Å². The number of benzene rings is 1. The second-order valence-corrected chi connectivity index (χ2v) is 4.58. The van der Waals surface area contributed by atoms with Crippen LogP contribution in [0, 0.1) is 0 Å². The average Bonchev–Trinajstić information content (AvgIpc) is 2.64. The Morgan fingerprint density at radius 2 is 1.95 bits per heavy atom. The number of imidazole rings is 1. The summed E-state index contributed by atoms with van der Waals surface area (Å²) < 4.78 is 3.86. The van der Waals surface area contributed by atoms with Gasteiger partial charge in [0.25, 0.3) is 5.82 Å². The Hall–Kier alpha value is -1.32. The van der Waals surface area contributed by atoms with E-state index in [0.717, 1.165) is 17.9 Å². The minimum Gasteiger partial charge on any atom is -1.00 e. The van der Waals surface area contributed by atoms with Crippen LogP contribution in [-0.2, 0) is 20.0 Å². The van der Waals surface area contributed by atoms with Crippen molar-refractivity contribution in [2.75, 3.05) is 0 Å². The predicted molar refractivity (Wildman–Crippen MR) is 70.8 cm³/mol. The zero-order valence-electron chi connectivity index (χ0n) is 10.9. The lowest BCUT2D eigenvalue weighted by molar-refractivity contribution is -0.678. The van der Waals surface area contributed by atoms with E-state index in [2.05, 4.69) is 0 Å². The van der Waals surface area contributed by atoms with Gasteiger partial charge in [0.15, 0.2) is 5.78 Å². The number of aromatic nitrogens is 2. The van der Waals surface area contributed by atoms with Crippen molar-refractivity contribution in [3.05, 3.63) is 53.1 Å². The first-order valence-corrected chi connectivity index (χ1v) is 6.33. The lowest BCUT2D eigenvalue weighted by Gasteiger charge is -2.01. The number of nitrogens with zero attached hydrogens (tertiary/aromatic N) is 2. The molecule has 3 nitrogen and oxygen atoms in total. The molecule has 0 bridgehead atoms. The largest absolute Gasteiger partial charge is 1.00 e. The molecule has 2 rings (SSSR count). The zero-order valence-corrected chi connectivity index (χ0v) is 12.4. The normalized spacial score (nSPS) is 10.1. The molecule has 0 unspecified atom stereocenters. The smallest absolute Gasteiger partial charge is 0.265 e. The number of hydrogen-bond donors (Lipinski definition) is 0. The van der Waals surface area contributed by atoms with Crippen LogP contribution in [0.1, 0.15) is 23.1 Å². The van der Waals surface area contributed by atoms with E-state index in [1.165, 1.54) is 0 Å². The lowest BCUT2D eigenvalue weighted by atomic mass is 10.1. The molecule has 0 aliphatic carbocycles. The van der Waals surface area contributed by atoms with Gasteiger partial charge in [0, 0.05) is 5.56 Å². The van der Waals surface area contributed by atoms with Gasteiger partial charge >= 0.3 is 0 Å². The molecule has 0 aliphatic rings. The van der Waals surface area contributed by atoms with Gasteiger partial charge in [-0.1, -0.05) is 30.3 Å². The van der Waals surface area contributed by atoms with E-state index < -0.39 is 0 Å². The standard InChI is InChI=1S/C14H16ClN2O.ClH/c1-3-17-13(15)10-16(2)14(17)9-12(18)11-7-5-4-6-8-11;/h4-8,10H,3,9H2,1-2H3;1H/q+1;/p-1. The second-order valence-electron chi connectivity index (χ2n) is 4.19. The molecular formula is C14H16Cl2N2O. The number of halogens is 2. The molecule has 0 radical (unpaired) electrons. The first kappa shape index (κ1) is 15.7. The quantitative estimate of drug-likeness (QED) is 0.548. The maximum absolute atomic E-state index is 12.2. The fourth-order valence-corrected chi connectivity index (χ4v) is 2.40. The molecule has 0 fully saturated rings. The molecule has 1 heterocycles. The molecule has 1 aromatic heterocycles. The van der Waals surface area contributed by atoms with Crippen LogP contribution in [0.4, 0.5) is 0 Å². The maximum atomic E-state index is 12.2. The van der Waals surface area contributed by atoms with Gasteiger partial charge < -0.3 is 12.4 Å². The second kappa shape index (κ2) is 6.73. The van der Waals surface area contributed by atoms with Gasteiger partial charge in [-0.15, -0.1) is 0 Å². The van der Waals surface area contributed by atoms with Crippen LogP contribution in [-0.4, -0.2) is 10.4 Å². The molecule has 102 valence electrons. The first-order chi connectivity index (χ1) is 8.63. The lowest BCUT2D eigenvalue weighted by Crippen LogP contribution is -3.00. The van der Waals surface area contributed by atoms with Crippen molar-refractivity contribution in [3.8, 4) is 0 Å². The third kappa shape index (κ3) is 3.37. The summed E-state index contributed by atoms with van der Waals surface area (Å²) in [7, 11) is 1.91. The van der Waals surface area contributed by atoms with Crippen molar-refractivity contribution in [2.45, 2.75) is 19.9 Å². The highest BCUT2D eigenvalue weighted by molar-refractivity contribution is 6.29. The molecule has 2 aromatic rings. The van der Waals surface area contributed by atoms with Gasteiger partial charge in [0.05, 0.1) is 13.6 Å². The summed E-state index contributed by atoms with van der Waals surface area (Å²) in [6.45, 7) is 2.78. The molecular weight excluding hydrogens is 283 g/mol. The SMILES string of the molecule is CCn1c(Cl)c[n+](C)c1CC(=O)c1ccccc1.[Cl-]. The molecule has 19 heavy (non-hydrogen) atoms. The highest BCUT2D eigenvalue weighted by Gasteiger charge is 2.22. The fraction of sp³-hybridized carbons (Fsp3) is 0.286. The van der Waals surface area contributed by atoms with Crippen molar-refractivity contribution in [2.24, 2.45) is 7.05 Å². The van der Waals surface area contributed by atoms with Crippen LogP contribution in [0.3, 0.4) is 0 Å². The van der Waals surface area contributed by atoms with Crippen LogP contribution in [0.5, 0.6) is 0 Å². The Bertz CT molecular complexity index is 564. The Morgan fingerprint density at radius 3 is 2.53 bits per heavy atom. The van der Waals surface area contributed by atoms with Crippen molar-refractivity contribution >= 4 is 17.4 Å². The summed E-state index contributed by atoms with van der Waals surface area (Å²) in [5, 5.41) is 0.663. The summed E-state index contributed by atoms with van der Waals surface area (Å²) >= 11 is 6.11. The summed E-state index contributed by atoms with van der Waals surface area (Å²) in [6.07, 6.45) is 2.19. The molecule has 0 N–H and O–H groups in total. The van der Waals surface area contributed by atoms with Gasteiger partial charge in [0.2, 0.25) is 5.15 Å². The average molecular weight is 299 g/mol. The van der Waals surface area contributed by atoms with Gasteiger partial charge in [-0.3, -0.25) is 4.79 Å². The van der Waals surface area contributed by atoms with Crippen molar-refractivity contribution in [1.29, 1.82) is 0 Å². The van der Waals surface area contributed by atoms with Gasteiger partial charge in [-0.25, -0.2) is 9.13 Å². The molecule has 0 atom stereocenters. The minimum atomic E-state index is 0. The monoisotopic (exact) mass is 298 g/mol. The molecule has 0 saturated heterocycles. The van der Waals surface area contributed by atoms with E-state index in [1.807, 2.05) is 59.6 Å². The van der Waals surface area contributed by atoms with Crippen LogP contribution in [0.2, 0.25) is 5.15 Å². The maximum Gasteiger partial charge on any atom is 0.265 e. The highest BCUT2D eigenvalue weighted by Crippen LogP contribution is 2.12. The predicted octanol–water partition coefficient (Wildman–Crippen LogP) is -0.585. The Morgan fingerprint density at radius 1 is 1.32 bits per heavy atom. The van der Waals surface area contributed by atoms with Crippen molar-refractivity contribution in [3.63, 3.8) is 0 Å². The Labute approximate surface area is 124 Å². The number of hydrogen-bond acceptors (Lipinski definition) is 1. The number of ketones is 1. The summed E-state index contributed by atoms with van der Waals surface area (Å²) in [4.78, 5) is 12.2. The number of rotatable bonds is 4. The Kier molecular flexibility index (Phi) is 5.58. The summed E-state index contributed by atoms with van der Waals surface area (Å²) in [6, 6.07) is 9.33. The Balaban J connectivity index is 0.00000180. The summed E-state index contributed by atoms with van der Waals surface area (Å²) in [5.41, 5.74) is 0.734. The van der Waals surface area contributed by atoms with E-state index in [9.17, 15) is 4.79 Å². The zero-order chi connectivity index (χ0) is 13.1. The first-order valence-electron chi connectivity index (χ1n) is 5.95. The van der Waals surface area contributed by atoms with E-state index in [0.29, 0.717) is 11.6 Å². The van der Waals surface area contributed by atoms with E-state index in [4.69, 9.17) is 11.6 Å². The third-order valence-corrected chi connectivity index (χ3v) is 3.31. The molecule has 5 heteroatoms. The van der Waals surface area contributed by atoms with E-state index in [-0.39, 0.29) is 18.2 Å². The van der Waals surface area contributed by atoms with Crippen LogP contribution >= 0.6 is 11.6 Å². The highest BCUT2D eigenvalue weighted by atomic mass is 35.5. The van der Waals surface area contributed by atoms with E-state index in [1.54, 1.807) is 0 Å². The number of aryl methyl sites for hydroxylation is 1. The topological polar surface area (TPSA) is 25.9 Å². The van der Waals surface area contributed by atoms with Crippen LogP contribution in [0.15, 0.2) is 36.5 Å². The number of carbonyl (C=O) groups is 1. The summed E-state index contributed by atoms with van der Waals surface area (Å²) in [5.74, 6) is 1.03. The molecule has 0 spiro atoms. The number of Topliss-reactive ketones (excluding diaryl/α,β-unsaturated/α-hetero) is 1. The minimum absolute atomic E-state index is 0. The van der Waals surface area contributed by atoms with Crippen LogP contribution in [0.25, 0.3) is 0 Å². The molecule has 0 saturated carbocycles. The van der Waals surface area contributed by atoms with Crippen LogP contribution < -0.4 is 17.0 Å². The van der Waals surface area contributed by atoms with Crippen molar-refractivity contribution < 1.29 is 21.8 Å².